The molecule has 8 heteroatoms. The Kier molecular flexibility index (Phi) is 5.76. The number of pyridine rings is 2. The first-order chi connectivity index (χ1) is 15.5. The van der Waals surface area contributed by atoms with Crippen molar-refractivity contribution in [2.75, 3.05) is 26.6 Å². The number of anilines is 1. The Hall–Kier alpha value is -4.33. The number of fused-ring (bicyclic) bond motifs is 1. The summed E-state index contributed by atoms with van der Waals surface area (Å²) in [6.07, 6.45) is 4.63. The van der Waals surface area contributed by atoms with E-state index in [0.29, 0.717) is 33.8 Å². The Morgan fingerprint density at radius 2 is 1.69 bits per heavy atom. The minimum atomic E-state index is -0.540. The maximum Gasteiger partial charge on any atom is 0.261 e. The Balaban J connectivity index is 1.95. The summed E-state index contributed by atoms with van der Waals surface area (Å²) in [7, 11) is 4.60. The highest BCUT2D eigenvalue weighted by Gasteiger charge is 2.19. The molecule has 0 fully saturated rings. The molecule has 0 saturated carbocycles. The quantitative estimate of drug-likeness (QED) is 0.501. The largest absolute Gasteiger partial charge is 0.497 e. The number of benzene rings is 2. The summed E-state index contributed by atoms with van der Waals surface area (Å²) in [6, 6.07) is 14.0. The van der Waals surface area contributed by atoms with Crippen molar-refractivity contribution in [3.8, 4) is 22.9 Å². The highest BCUT2D eigenvalue weighted by Crippen LogP contribution is 2.32. The average Bonchev–Trinajstić information content (AvgIpc) is 2.84. The van der Waals surface area contributed by atoms with Crippen LogP contribution in [0.4, 0.5) is 5.69 Å². The summed E-state index contributed by atoms with van der Waals surface area (Å²) in [5.74, 6) is 1.01. The van der Waals surface area contributed by atoms with Crippen molar-refractivity contribution >= 4 is 22.5 Å². The summed E-state index contributed by atoms with van der Waals surface area (Å²) in [5.41, 5.74) is 1.34. The molecule has 1 N–H and O–H groups in total. The Morgan fingerprint density at radius 1 is 0.969 bits per heavy atom. The second-order valence-corrected chi connectivity index (χ2v) is 6.86. The SMILES string of the molecule is COc1ccc(-n2cc(C(=O)Nc3cccnc3)c(=O)c3cc(OC)c(OC)cc32)cc1. The van der Waals surface area contributed by atoms with Crippen molar-refractivity contribution in [1.29, 1.82) is 0 Å². The molecule has 0 bridgehead atoms. The molecule has 4 aromatic rings. The van der Waals surface area contributed by atoms with Crippen molar-refractivity contribution in [3.05, 3.63) is 82.9 Å². The number of nitrogens with one attached hydrogen (secondary N) is 1. The van der Waals surface area contributed by atoms with Gasteiger partial charge in [0.25, 0.3) is 5.91 Å². The normalized spacial score (nSPS) is 10.6. The first-order valence-corrected chi connectivity index (χ1v) is 9.73. The van der Waals surface area contributed by atoms with E-state index in [9.17, 15) is 9.59 Å². The highest BCUT2D eigenvalue weighted by molar-refractivity contribution is 6.06. The van der Waals surface area contributed by atoms with Crippen LogP contribution in [-0.4, -0.2) is 36.8 Å². The van der Waals surface area contributed by atoms with Gasteiger partial charge in [-0.25, -0.2) is 0 Å². The predicted octanol–water partition coefficient (Wildman–Crippen LogP) is 3.66. The van der Waals surface area contributed by atoms with Crippen LogP contribution in [0.1, 0.15) is 10.4 Å². The molecule has 32 heavy (non-hydrogen) atoms. The maximum atomic E-state index is 13.3. The number of hydrogen-bond donors (Lipinski definition) is 1. The van der Waals surface area contributed by atoms with Crippen LogP contribution in [-0.2, 0) is 0 Å². The van der Waals surface area contributed by atoms with Gasteiger partial charge in [-0.2, -0.15) is 0 Å². The molecule has 0 radical (unpaired) electrons. The highest BCUT2D eigenvalue weighted by atomic mass is 16.5. The third-order valence-corrected chi connectivity index (χ3v) is 5.02. The van der Waals surface area contributed by atoms with Gasteiger partial charge in [0.05, 0.1) is 44.1 Å². The second kappa shape index (κ2) is 8.81. The monoisotopic (exact) mass is 431 g/mol. The first kappa shape index (κ1) is 20.9. The number of rotatable bonds is 6. The molecule has 8 nitrogen and oxygen atoms in total. The number of aromatic nitrogens is 2. The molecular weight excluding hydrogens is 410 g/mol. The van der Waals surface area contributed by atoms with E-state index < -0.39 is 11.3 Å². The van der Waals surface area contributed by atoms with Gasteiger partial charge < -0.3 is 24.1 Å². The minimum Gasteiger partial charge on any atom is -0.497 e. The number of hydrogen-bond acceptors (Lipinski definition) is 6. The van der Waals surface area contributed by atoms with Crippen LogP contribution in [0.3, 0.4) is 0 Å². The van der Waals surface area contributed by atoms with Crippen molar-refractivity contribution in [2.24, 2.45) is 0 Å². The van der Waals surface area contributed by atoms with Crippen molar-refractivity contribution in [2.45, 2.75) is 0 Å². The minimum absolute atomic E-state index is 0.0237. The van der Waals surface area contributed by atoms with Crippen LogP contribution < -0.4 is 25.0 Å². The zero-order chi connectivity index (χ0) is 22.7. The Morgan fingerprint density at radius 3 is 2.31 bits per heavy atom. The molecule has 0 aliphatic carbocycles. The van der Waals surface area contributed by atoms with Gasteiger partial charge in [0.2, 0.25) is 5.43 Å². The van der Waals surface area contributed by atoms with Gasteiger partial charge in [-0.15, -0.1) is 0 Å². The number of amides is 1. The molecule has 1 amide bonds. The van der Waals surface area contributed by atoms with E-state index in [4.69, 9.17) is 14.2 Å². The fraction of sp³-hybridized carbons (Fsp3) is 0.125. The number of ether oxygens (including phenoxy) is 3. The van der Waals surface area contributed by atoms with Gasteiger partial charge in [-0.05, 0) is 42.5 Å². The maximum absolute atomic E-state index is 13.3. The molecule has 162 valence electrons. The average molecular weight is 431 g/mol. The zero-order valence-corrected chi connectivity index (χ0v) is 17.8. The van der Waals surface area contributed by atoms with E-state index >= 15 is 0 Å². The number of nitrogens with zero attached hydrogens (tertiary/aromatic N) is 2. The van der Waals surface area contributed by atoms with Crippen LogP contribution in [0.5, 0.6) is 17.2 Å². The third kappa shape index (κ3) is 3.85. The zero-order valence-electron chi connectivity index (χ0n) is 17.8. The molecular formula is C24H21N3O5. The van der Waals surface area contributed by atoms with Gasteiger partial charge in [-0.1, -0.05) is 0 Å². The fourth-order valence-corrected chi connectivity index (χ4v) is 3.41. The molecule has 0 aliphatic rings. The van der Waals surface area contributed by atoms with Crippen LogP contribution in [0.25, 0.3) is 16.6 Å². The van der Waals surface area contributed by atoms with E-state index in [1.54, 1.807) is 54.3 Å². The van der Waals surface area contributed by atoms with Crippen LogP contribution >= 0.6 is 0 Å². The van der Waals surface area contributed by atoms with E-state index in [-0.39, 0.29) is 5.56 Å². The van der Waals surface area contributed by atoms with Gasteiger partial charge in [-0.3, -0.25) is 14.6 Å². The number of carbonyl (C=O) groups is 1. The second-order valence-electron chi connectivity index (χ2n) is 6.86. The van der Waals surface area contributed by atoms with E-state index in [1.807, 2.05) is 12.1 Å². The van der Waals surface area contributed by atoms with Crippen LogP contribution in [0.15, 0.2) is 71.9 Å². The van der Waals surface area contributed by atoms with Crippen LogP contribution in [0, 0.1) is 0 Å². The predicted molar refractivity (Wildman–Crippen MR) is 121 cm³/mol. The third-order valence-electron chi connectivity index (χ3n) is 5.02. The summed E-state index contributed by atoms with van der Waals surface area (Å²) < 4.78 is 17.8. The molecule has 2 aromatic heterocycles. The molecule has 0 atom stereocenters. The molecule has 0 aliphatic heterocycles. The lowest BCUT2D eigenvalue weighted by Gasteiger charge is -2.16. The smallest absolute Gasteiger partial charge is 0.261 e. The van der Waals surface area contributed by atoms with E-state index in [2.05, 4.69) is 10.3 Å². The lowest BCUT2D eigenvalue weighted by molar-refractivity contribution is 0.102. The standard InChI is InChI=1S/C24H21N3O5/c1-30-17-8-6-16(7-9-17)27-14-19(24(29)26-15-5-4-10-25-13-15)23(28)18-11-21(31-2)22(32-3)12-20(18)27/h4-14H,1-3H3,(H,26,29). The summed E-state index contributed by atoms with van der Waals surface area (Å²) in [4.78, 5) is 30.3. The lowest BCUT2D eigenvalue weighted by Crippen LogP contribution is -2.23. The molecule has 0 spiro atoms. The first-order valence-electron chi connectivity index (χ1n) is 9.73. The van der Waals surface area contributed by atoms with Crippen molar-refractivity contribution < 1.29 is 19.0 Å². The topological polar surface area (TPSA) is 91.7 Å². The summed E-state index contributed by atoms with van der Waals surface area (Å²) in [6.45, 7) is 0. The molecule has 0 unspecified atom stereocenters. The van der Waals surface area contributed by atoms with Gasteiger partial charge in [0, 0.05) is 24.1 Å². The lowest BCUT2D eigenvalue weighted by atomic mass is 10.1. The van der Waals surface area contributed by atoms with E-state index in [1.165, 1.54) is 26.6 Å². The van der Waals surface area contributed by atoms with Crippen molar-refractivity contribution in [3.63, 3.8) is 0 Å². The summed E-state index contributed by atoms with van der Waals surface area (Å²) in [5, 5.41) is 3.04. The molecule has 2 aromatic carbocycles. The number of methoxy groups -OCH3 is 3. The van der Waals surface area contributed by atoms with E-state index in [0.717, 1.165) is 5.69 Å². The van der Waals surface area contributed by atoms with Gasteiger partial charge in [0.1, 0.15) is 11.3 Å². The molecule has 0 saturated heterocycles. The molecule has 2 heterocycles. The molecule has 4 rings (SSSR count). The summed E-state index contributed by atoms with van der Waals surface area (Å²) >= 11 is 0. The van der Waals surface area contributed by atoms with Crippen LogP contribution in [0.2, 0.25) is 0 Å². The van der Waals surface area contributed by atoms with Gasteiger partial charge in [0.15, 0.2) is 11.5 Å². The van der Waals surface area contributed by atoms with Gasteiger partial charge >= 0.3 is 0 Å². The number of carbonyl (C=O) groups excluding carboxylic acids is 1. The Labute approximate surface area is 184 Å². The Bertz CT molecular complexity index is 1330. The van der Waals surface area contributed by atoms with Crippen molar-refractivity contribution in [1.82, 2.24) is 9.55 Å². The fourth-order valence-electron chi connectivity index (χ4n) is 3.41.